The lowest BCUT2D eigenvalue weighted by Crippen LogP contribution is -2.16. The molecule has 1 fully saturated rings. The molecule has 0 aliphatic carbocycles. The Hall–Kier alpha value is -1.06. The summed E-state index contributed by atoms with van der Waals surface area (Å²) in [5, 5.41) is 0. The molecule has 4 nitrogen and oxygen atoms in total. The second-order valence-electron chi connectivity index (χ2n) is 1.99. The van der Waals surface area contributed by atoms with Crippen LogP contribution < -0.4 is 5.73 Å². The maximum atomic E-state index is 10.5. The van der Waals surface area contributed by atoms with Crippen LogP contribution in [0.4, 0.5) is 4.79 Å². The molecule has 0 unspecified atom stereocenters. The summed E-state index contributed by atoms with van der Waals surface area (Å²) in [6.45, 7) is 0.786. The summed E-state index contributed by atoms with van der Waals surface area (Å²) in [4.78, 5) is 15.6. The van der Waals surface area contributed by atoms with Gasteiger partial charge < -0.3 is 10.6 Å². The molecule has 2 heterocycles. The first kappa shape index (κ1) is 3.88. The second kappa shape index (κ2) is 0.866. The topological polar surface area (TPSA) is 58.5 Å². The number of amidine groups is 1. The molecule has 8 heavy (non-hydrogen) atoms. The number of carbonyl (C=O) groups is 1. The van der Waals surface area contributed by atoms with Crippen molar-refractivity contribution in [3.63, 3.8) is 0 Å². The Morgan fingerprint density at radius 2 is 2.62 bits per heavy atom. The Labute approximate surface area is 46.0 Å². The van der Waals surface area contributed by atoms with Crippen molar-refractivity contribution in [2.45, 2.75) is 6.04 Å². The van der Waals surface area contributed by atoms with Crippen LogP contribution in [-0.2, 0) is 0 Å². The highest BCUT2D eigenvalue weighted by molar-refractivity contribution is 6.06. The summed E-state index contributed by atoms with van der Waals surface area (Å²) in [5.41, 5.74) is 5.30. The number of urea groups is 1. The molecular formula is C4H5N3O. The van der Waals surface area contributed by atoms with Gasteiger partial charge in [-0.15, -0.1) is 0 Å². The molecule has 0 aromatic rings. The number of hydrogen-bond acceptors (Lipinski definition) is 2. The predicted molar refractivity (Wildman–Crippen MR) is 27.5 cm³/mol. The third-order valence-corrected chi connectivity index (χ3v) is 1.42. The minimum atomic E-state index is -0.174. The molecule has 0 bridgehead atoms. The summed E-state index contributed by atoms with van der Waals surface area (Å²) in [5.74, 6) is 0.481. The smallest absolute Gasteiger partial charge is 0.346 e. The standard InChI is InChI=1S/C4H5N3O/c5-3-2-1-7(2)4(8)6-3/h2H,1H2,(H2,5,6,8)/t2-,7?/m1/s1. The van der Waals surface area contributed by atoms with E-state index in [1.54, 1.807) is 4.90 Å². The molecule has 0 spiro atoms. The molecule has 2 N–H and O–H groups in total. The fourth-order valence-electron chi connectivity index (χ4n) is 0.853. The zero-order valence-corrected chi connectivity index (χ0v) is 4.16. The normalized spacial score (nSPS) is 32.5. The van der Waals surface area contributed by atoms with E-state index in [4.69, 9.17) is 5.73 Å². The van der Waals surface area contributed by atoms with Crippen molar-refractivity contribution in [1.29, 1.82) is 0 Å². The Morgan fingerprint density at radius 1 is 1.88 bits per heavy atom. The van der Waals surface area contributed by atoms with Gasteiger partial charge in [-0.3, -0.25) is 0 Å². The zero-order valence-electron chi connectivity index (χ0n) is 4.16. The number of fused-ring (bicyclic) bond motifs is 1. The molecule has 42 valence electrons. The number of nitrogens with two attached hydrogens (primary N) is 1. The predicted octanol–water partition coefficient (Wildman–Crippen LogP) is -0.839. The largest absolute Gasteiger partial charge is 0.385 e. The highest BCUT2D eigenvalue weighted by atomic mass is 16.2. The Bertz CT molecular complexity index is 186. The lowest BCUT2D eigenvalue weighted by molar-refractivity contribution is 0.240. The summed E-state index contributed by atoms with van der Waals surface area (Å²) in [7, 11) is 0. The van der Waals surface area contributed by atoms with Gasteiger partial charge in [0.15, 0.2) is 0 Å². The van der Waals surface area contributed by atoms with Crippen LogP contribution in [0, 0.1) is 0 Å². The highest BCUT2D eigenvalue weighted by Gasteiger charge is 2.46. The van der Waals surface area contributed by atoms with Crippen LogP contribution in [-0.4, -0.2) is 29.4 Å². The second-order valence-corrected chi connectivity index (χ2v) is 1.99. The fraction of sp³-hybridized carbons (Fsp3) is 0.500. The van der Waals surface area contributed by atoms with E-state index in [0.29, 0.717) is 5.84 Å². The Kier molecular flexibility index (Phi) is 0.420. The van der Waals surface area contributed by atoms with Crippen molar-refractivity contribution in [1.82, 2.24) is 4.90 Å². The number of rotatable bonds is 0. The van der Waals surface area contributed by atoms with E-state index in [0.717, 1.165) is 6.54 Å². The number of nitrogens with zero attached hydrogens (tertiary/aromatic N) is 2. The molecule has 1 saturated heterocycles. The van der Waals surface area contributed by atoms with Gasteiger partial charge in [0.2, 0.25) is 0 Å². The number of hydrogen-bond donors (Lipinski definition) is 1. The van der Waals surface area contributed by atoms with Gasteiger partial charge in [-0.05, 0) is 0 Å². The Morgan fingerprint density at radius 3 is 2.75 bits per heavy atom. The molecule has 2 aliphatic heterocycles. The number of aliphatic imine (C=N–C) groups is 1. The lowest BCUT2D eigenvalue weighted by Gasteiger charge is -1.81. The van der Waals surface area contributed by atoms with Gasteiger partial charge in [0, 0.05) is 0 Å². The van der Waals surface area contributed by atoms with Crippen molar-refractivity contribution < 1.29 is 4.79 Å². The number of amides is 2. The van der Waals surface area contributed by atoms with E-state index in [1.807, 2.05) is 0 Å². The van der Waals surface area contributed by atoms with E-state index in [2.05, 4.69) is 4.99 Å². The SMILES string of the molecule is NC1=NC(=O)N2C[C@H]12. The fourth-order valence-corrected chi connectivity index (χ4v) is 0.853. The number of carbonyl (C=O) groups excluding carboxylic acids is 1. The molecule has 0 radical (unpaired) electrons. The highest BCUT2D eigenvalue weighted by Crippen LogP contribution is 2.23. The molecule has 4 heteroatoms. The zero-order chi connectivity index (χ0) is 5.72. The summed E-state index contributed by atoms with van der Waals surface area (Å²) < 4.78 is 0. The molecule has 2 rings (SSSR count). The Balaban J connectivity index is 2.37. The van der Waals surface area contributed by atoms with Crippen molar-refractivity contribution in [2.75, 3.05) is 6.54 Å². The van der Waals surface area contributed by atoms with Gasteiger partial charge in [-0.25, -0.2) is 4.79 Å². The van der Waals surface area contributed by atoms with Gasteiger partial charge in [0.1, 0.15) is 11.9 Å². The van der Waals surface area contributed by atoms with Crippen LogP contribution >= 0.6 is 0 Å². The molecule has 2 amide bonds. The van der Waals surface area contributed by atoms with Gasteiger partial charge in [-0.1, -0.05) is 0 Å². The third kappa shape index (κ3) is 0.267. The first-order valence-electron chi connectivity index (χ1n) is 2.43. The molecule has 0 saturated carbocycles. The van der Waals surface area contributed by atoms with Gasteiger partial charge in [-0.2, -0.15) is 4.99 Å². The van der Waals surface area contributed by atoms with E-state index < -0.39 is 0 Å². The maximum Gasteiger partial charge on any atom is 0.346 e. The van der Waals surface area contributed by atoms with Crippen LogP contribution in [0.3, 0.4) is 0 Å². The van der Waals surface area contributed by atoms with Crippen molar-refractivity contribution in [2.24, 2.45) is 10.7 Å². The summed E-state index contributed by atoms with van der Waals surface area (Å²) in [6.07, 6.45) is 0. The minimum absolute atomic E-state index is 0.169. The van der Waals surface area contributed by atoms with E-state index >= 15 is 0 Å². The minimum Gasteiger partial charge on any atom is -0.385 e. The van der Waals surface area contributed by atoms with Crippen molar-refractivity contribution in [3.05, 3.63) is 0 Å². The molecule has 0 aromatic heterocycles. The molecular weight excluding hydrogens is 106 g/mol. The van der Waals surface area contributed by atoms with Crippen molar-refractivity contribution in [3.8, 4) is 0 Å². The molecule has 1 atom stereocenters. The average Bonchev–Trinajstić information content (AvgIpc) is 2.35. The quantitative estimate of drug-likeness (QED) is 0.414. The van der Waals surface area contributed by atoms with Crippen LogP contribution in [0.5, 0.6) is 0 Å². The van der Waals surface area contributed by atoms with Gasteiger partial charge >= 0.3 is 6.03 Å². The van der Waals surface area contributed by atoms with Crippen LogP contribution in [0.25, 0.3) is 0 Å². The van der Waals surface area contributed by atoms with Crippen LogP contribution in [0.15, 0.2) is 4.99 Å². The van der Waals surface area contributed by atoms with Crippen LogP contribution in [0.2, 0.25) is 0 Å². The van der Waals surface area contributed by atoms with E-state index in [-0.39, 0.29) is 12.1 Å². The van der Waals surface area contributed by atoms with E-state index in [1.165, 1.54) is 0 Å². The van der Waals surface area contributed by atoms with Gasteiger partial charge in [0.25, 0.3) is 0 Å². The van der Waals surface area contributed by atoms with Crippen LogP contribution in [0.1, 0.15) is 0 Å². The molecule has 0 aromatic carbocycles. The summed E-state index contributed by atoms with van der Waals surface area (Å²) in [6, 6.07) is -0.00463. The maximum absolute atomic E-state index is 10.5. The van der Waals surface area contributed by atoms with Crippen molar-refractivity contribution >= 4 is 11.9 Å². The van der Waals surface area contributed by atoms with Gasteiger partial charge in [0.05, 0.1) is 6.54 Å². The first-order valence-corrected chi connectivity index (χ1v) is 2.43. The third-order valence-electron chi connectivity index (χ3n) is 1.42. The average molecular weight is 111 g/mol. The monoisotopic (exact) mass is 111 g/mol. The lowest BCUT2D eigenvalue weighted by atomic mass is 10.4. The first-order chi connectivity index (χ1) is 3.79. The van der Waals surface area contributed by atoms with E-state index in [9.17, 15) is 4.79 Å². The molecule has 2 aliphatic rings. The summed E-state index contributed by atoms with van der Waals surface area (Å²) >= 11 is 0.